The first-order valence-electron chi connectivity index (χ1n) is 6.91. The third-order valence-corrected chi connectivity index (χ3v) is 4.16. The number of carbonyl (C=O) groups excluding carboxylic acids is 1. The van der Waals surface area contributed by atoms with Crippen LogP contribution in [-0.2, 0) is 4.79 Å². The maximum atomic E-state index is 12.0. The number of amides is 1. The van der Waals surface area contributed by atoms with E-state index in [-0.39, 0.29) is 11.9 Å². The van der Waals surface area contributed by atoms with Crippen molar-refractivity contribution >= 4 is 5.91 Å². The molecule has 0 bridgehead atoms. The lowest BCUT2D eigenvalue weighted by atomic mass is 9.93. The molecule has 0 aromatic carbocycles. The van der Waals surface area contributed by atoms with E-state index in [0.717, 1.165) is 19.4 Å². The van der Waals surface area contributed by atoms with Gasteiger partial charge in [0.25, 0.3) is 0 Å². The zero-order chi connectivity index (χ0) is 12.3. The number of carbonyl (C=O) groups is 1. The minimum atomic E-state index is -0.398. The third kappa shape index (κ3) is 2.99. The van der Waals surface area contributed by atoms with Crippen LogP contribution in [0.25, 0.3) is 0 Å². The summed E-state index contributed by atoms with van der Waals surface area (Å²) in [4.78, 5) is 12.0. The fraction of sp³-hybridized carbons (Fsp3) is 0.923. The van der Waals surface area contributed by atoms with Crippen molar-refractivity contribution < 1.29 is 9.90 Å². The lowest BCUT2D eigenvalue weighted by Crippen LogP contribution is -2.46. The third-order valence-electron chi connectivity index (χ3n) is 4.16. The molecule has 0 radical (unpaired) electrons. The van der Waals surface area contributed by atoms with Gasteiger partial charge >= 0.3 is 0 Å². The molecule has 1 amide bonds. The van der Waals surface area contributed by atoms with Crippen LogP contribution < -0.4 is 10.6 Å². The van der Waals surface area contributed by atoms with Crippen molar-refractivity contribution in [2.45, 2.75) is 51.2 Å². The average molecular weight is 240 g/mol. The molecule has 98 valence electrons. The maximum absolute atomic E-state index is 12.0. The van der Waals surface area contributed by atoms with Gasteiger partial charge in [0.2, 0.25) is 5.91 Å². The second-order valence-electron chi connectivity index (χ2n) is 5.43. The van der Waals surface area contributed by atoms with Crippen LogP contribution in [-0.4, -0.2) is 36.2 Å². The van der Waals surface area contributed by atoms with Crippen molar-refractivity contribution in [1.29, 1.82) is 0 Å². The van der Waals surface area contributed by atoms with Crippen LogP contribution in [0.15, 0.2) is 0 Å². The first-order chi connectivity index (χ1) is 8.22. The summed E-state index contributed by atoms with van der Waals surface area (Å²) in [7, 11) is 0. The summed E-state index contributed by atoms with van der Waals surface area (Å²) in [5.41, 5.74) is 0. The van der Waals surface area contributed by atoms with E-state index < -0.39 is 6.10 Å². The van der Waals surface area contributed by atoms with Gasteiger partial charge in [-0.3, -0.25) is 4.79 Å². The molecule has 0 aromatic rings. The highest BCUT2D eigenvalue weighted by Crippen LogP contribution is 2.37. The second kappa shape index (κ2) is 5.83. The molecule has 0 spiro atoms. The van der Waals surface area contributed by atoms with Crippen molar-refractivity contribution in [2.75, 3.05) is 13.1 Å². The number of aliphatic hydroxyl groups is 1. The summed E-state index contributed by atoms with van der Waals surface area (Å²) in [6.45, 7) is 3.41. The Labute approximate surface area is 103 Å². The topological polar surface area (TPSA) is 61.4 Å². The van der Waals surface area contributed by atoms with Gasteiger partial charge in [0.05, 0.1) is 12.1 Å². The van der Waals surface area contributed by atoms with E-state index in [0.29, 0.717) is 18.4 Å². The molecule has 2 rings (SSSR count). The SMILES string of the molecule is CCCC(O)CNC(=O)C1NCC2CCCC21. The average Bonchev–Trinajstić information content (AvgIpc) is 2.87. The summed E-state index contributed by atoms with van der Waals surface area (Å²) < 4.78 is 0. The summed E-state index contributed by atoms with van der Waals surface area (Å²) in [5, 5.41) is 15.8. The zero-order valence-electron chi connectivity index (χ0n) is 10.6. The van der Waals surface area contributed by atoms with Crippen molar-refractivity contribution in [3.63, 3.8) is 0 Å². The molecule has 0 aromatic heterocycles. The van der Waals surface area contributed by atoms with Crippen LogP contribution in [0.2, 0.25) is 0 Å². The molecular formula is C13H24N2O2. The van der Waals surface area contributed by atoms with E-state index in [4.69, 9.17) is 0 Å². The van der Waals surface area contributed by atoms with Gasteiger partial charge in [-0.15, -0.1) is 0 Å². The second-order valence-corrected chi connectivity index (χ2v) is 5.43. The molecule has 2 fully saturated rings. The first kappa shape index (κ1) is 12.8. The Morgan fingerprint density at radius 3 is 3.12 bits per heavy atom. The van der Waals surface area contributed by atoms with Gasteiger partial charge in [-0.2, -0.15) is 0 Å². The Balaban J connectivity index is 1.76. The van der Waals surface area contributed by atoms with Gasteiger partial charge in [-0.25, -0.2) is 0 Å². The van der Waals surface area contributed by atoms with E-state index in [1.165, 1.54) is 19.3 Å². The lowest BCUT2D eigenvalue weighted by molar-refractivity contribution is -0.124. The minimum Gasteiger partial charge on any atom is -0.391 e. The lowest BCUT2D eigenvalue weighted by Gasteiger charge is -2.19. The maximum Gasteiger partial charge on any atom is 0.237 e. The van der Waals surface area contributed by atoms with Gasteiger partial charge in [0, 0.05) is 6.54 Å². The minimum absolute atomic E-state index is 0.0173. The Hall–Kier alpha value is -0.610. The van der Waals surface area contributed by atoms with E-state index in [2.05, 4.69) is 10.6 Å². The molecule has 17 heavy (non-hydrogen) atoms. The number of aliphatic hydroxyl groups excluding tert-OH is 1. The molecule has 1 heterocycles. The smallest absolute Gasteiger partial charge is 0.237 e. The first-order valence-corrected chi connectivity index (χ1v) is 6.91. The molecule has 4 atom stereocenters. The van der Waals surface area contributed by atoms with Crippen LogP contribution >= 0.6 is 0 Å². The van der Waals surface area contributed by atoms with Crippen LogP contribution in [0.3, 0.4) is 0 Å². The monoisotopic (exact) mass is 240 g/mol. The fourth-order valence-electron chi connectivity index (χ4n) is 3.24. The standard InChI is InChI=1S/C13H24N2O2/c1-2-4-10(16)8-15-13(17)12-11-6-3-5-9(11)7-14-12/h9-12,14,16H,2-8H2,1H3,(H,15,17). The number of hydrogen-bond donors (Lipinski definition) is 3. The Morgan fingerprint density at radius 1 is 1.53 bits per heavy atom. The highest BCUT2D eigenvalue weighted by Gasteiger charge is 2.42. The predicted octanol–water partition coefficient (Wildman–Crippen LogP) is 0.652. The van der Waals surface area contributed by atoms with Gasteiger partial charge < -0.3 is 15.7 Å². The molecule has 1 saturated heterocycles. The Kier molecular flexibility index (Phi) is 4.40. The molecule has 1 saturated carbocycles. The quantitative estimate of drug-likeness (QED) is 0.661. The summed E-state index contributed by atoms with van der Waals surface area (Å²) in [5.74, 6) is 1.30. The molecule has 4 heteroatoms. The van der Waals surface area contributed by atoms with Crippen molar-refractivity contribution in [2.24, 2.45) is 11.8 Å². The van der Waals surface area contributed by atoms with Crippen LogP contribution in [0.1, 0.15) is 39.0 Å². The summed E-state index contributed by atoms with van der Waals surface area (Å²) >= 11 is 0. The number of fused-ring (bicyclic) bond motifs is 1. The van der Waals surface area contributed by atoms with E-state index >= 15 is 0 Å². The molecule has 1 aliphatic heterocycles. The normalized spacial score (nSPS) is 33.4. The Morgan fingerprint density at radius 2 is 2.35 bits per heavy atom. The van der Waals surface area contributed by atoms with E-state index in [1.807, 2.05) is 6.92 Å². The largest absolute Gasteiger partial charge is 0.391 e. The van der Waals surface area contributed by atoms with Crippen LogP contribution in [0, 0.1) is 11.8 Å². The summed E-state index contributed by atoms with van der Waals surface area (Å²) in [6.07, 6.45) is 5.00. The molecule has 4 unspecified atom stereocenters. The van der Waals surface area contributed by atoms with Crippen LogP contribution in [0.4, 0.5) is 0 Å². The van der Waals surface area contributed by atoms with Gasteiger partial charge in [0.1, 0.15) is 0 Å². The molecule has 4 nitrogen and oxygen atoms in total. The van der Waals surface area contributed by atoms with Gasteiger partial charge in [0.15, 0.2) is 0 Å². The highest BCUT2D eigenvalue weighted by atomic mass is 16.3. The number of rotatable bonds is 5. The van der Waals surface area contributed by atoms with Gasteiger partial charge in [-0.05, 0) is 37.6 Å². The zero-order valence-corrected chi connectivity index (χ0v) is 10.6. The molecule has 1 aliphatic carbocycles. The number of nitrogens with one attached hydrogen (secondary N) is 2. The molecule has 3 N–H and O–H groups in total. The van der Waals surface area contributed by atoms with Crippen LogP contribution in [0.5, 0.6) is 0 Å². The van der Waals surface area contributed by atoms with Crippen molar-refractivity contribution in [3.05, 3.63) is 0 Å². The molecular weight excluding hydrogens is 216 g/mol. The summed E-state index contributed by atoms with van der Waals surface area (Å²) in [6, 6.07) is -0.0173. The van der Waals surface area contributed by atoms with Crippen molar-refractivity contribution in [3.8, 4) is 0 Å². The van der Waals surface area contributed by atoms with E-state index in [9.17, 15) is 9.90 Å². The molecule has 2 aliphatic rings. The van der Waals surface area contributed by atoms with Crippen molar-refractivity contribution in [1.82, 2.24) is 10.6 Å². The number of hydrogen-bond acceptors (Lipinski definition) is 3. The highest BCUT2D eigenvalue weighted by molar-refractivity contribution is 5.82. The van der Waals surface area contributed by atoms with E-state index in [1.54, 1.807) is 0 Å². The van der Waals surface area contributed by atoms with Gasteiger partial charge in [-0.1, -0.05) is 19.8 Å². The Bertz CT molecular complexity index is 270. The fourth-order valence-corrected chi connectivity index (χ4v) is 3.24. The predicted molar refractivity (Wildman–Crippen MR) is 66.5 cm³/mol.